The van der Waals surface area contributed by atoms with Crippen LogP contribution in [0.15, 0.2) is 48.5 Å². The van der Waals surface area contributed by atoms with Crippen molar-refractivity contribution in [3.05, 3.63) is 59.1 Å². The number of benzene rings is 2. The molecule has 2 nitrogen and oxygen atoms in total. The van der Waals surface area contributed by atoms with E-state index in [0.29, 0.717) is 0 Å². The average Bonchev–Trinajstić information content (AvgIpc) is 2.46. The highest BCUT2D eigenvalue weighted by Gasteiger charge is 2.05. The second-order valence-electron chi connectivity index (χ2n) is 4.79. The summed E-state index contributed by atoms with van der Waals surface area (Å²) in [6.07, 6.45) is 1.02. The van der Waals surface area contributed by atoms with Crippen molar-refractivity contribution >= 4 is 17.3 Å². The quantitative estimate of drug-likeness (QED) is 0.779. The van der Waals surface area contributed by atoms with E-state index in [4.69, 9.17) is 16.3 Å². The largest absolute Gasteiger partial charge is 0.494 e. The third-order valence-electron chi connectivity index (χ3n) is 3.06. The van der Waals surface area contributed by atoms with E-state index in [1.54, 1.807) is 0 Å². The van der Waals surface area contributed by atoms with Gasteiger partial charge in [0.1, 0.15) is 5.75 Å². The summed E-state index contributed by atoms with van der Waals surface area (Å²) in [6.45, 7) is 4.97. The normalized spacial score (nSPS) is 11.9. The maximum absolute atomic E-state index is 6.02. The minimum atomic E-state index is 0.205. The average molecular weight is 290 g/mol. The van der Waals surface area contributed by atoms with E-state index < -0.39 is 0 Å². The lowest BCUT2D eigenvalue weighted by Gasteiger charge is -2.16. The zero-order valence-electron chi connectivity index (χ0n) is 11.9. The molecule has 106 valence electrons. The molecular formula is C17H20ClNO. The third kappa shape index (κ3) is 4.17. The molecule has 3 heteroatoms. The van der Waals surface area contributed by atoms with Gasteiger partial charge in [-0.15, -0.1) is 0 Å². The van der Waals surface area contributed by atoms with Gasteiger partial charge in [0, 0.05) is 16.8 Å². The third-order valence-corrected chi connectivity index (χ3v) is 3.29. The first-order chi connectivity index (χ1) is 9.69. The molecule has 1 atom stereocenters. The maximum Gasteiger partial charge on any atom is 0.119 e. The lowest BCUT2D eigenvalue weighted by atomic mass is 10.1. The minimum absolute atomic E-state index is 0.205. The number of nitrogens with one attached hydrogen (secondary N) is 1. The molecule has 0 fully saturated rings. The Balaban J connectivity index is 1.99. The number of rotatable bonds is 6. The fourth-order valence-electron chi connectivity index (χ4n) is 1.98. The molecule has 20 heavy (non-hydrogen) atoms. The summed E-state index contributed by atoms with van der Waals surface area (Å²) in [5, 5.41) is 4.22. The van der Waals surface area contributed by atoms with E-state index in [1.807, 2.05) is 42.5 Å². The van der Waals surface area contributed by atoms with Crippen molar-refractivity contribution in [2.75, 3.05) is 11.9 Å². The van der Waals surface area contributed by atoms with Gasteiger partial charge in [0.05, 0.1) is 6.61 Å². The smallest absolute Gasteiger partial charge is 0.119 e. The zero-order valence-corrected chi connectivity index (χ0v) is 12.7. The summed E-state index contributed by atoms with van der Waals surface area (Å²) < 4.78 is 5.57. The van der Waals surface area contributed by atoms with Gasteiger partial charge in [0.15, 0.2) is 0 Å². The molecule has 0 aliphatic heterocycles. The molecule has 0 aromatic heterocycles. The Morgan fingerprint density at radius 2 is 1.90 bits per heavy atom. The first kappa shape index (κ1) is 14.7. The van der Waals surface area contributed by atoms with E-state index in [1.165, 1.54) is 5.56 Å². The molecule has 0 aliphatic carbocycles. The summed E-state index contributed by atoms with van der Waals surface area (Å²) in [4.78, 5) is 0. The Morgan fingerprint density at radius 3 is 2.55 bits per heavy atom. The van der Waals surface area contributed by atoms with Gasteiger partial charge in [0.2, 0.25) is 0 Å². The first-order valence-corrected chi connectivity index (χ1v) is 7.31. The van der Waals surface area contributed by atoms with Crippen molar-refractivity contribution in [2.45, 2.75) is 26.3 Å². The molecule has 0 bridgehead atoms. The standard InChI is InChI=1S/C17H20ClNO/c1-3-11-20-17-9-7-16(8-10-17)19-13(2)14-5-4-6-15(18)12-14/h4-10,12-13,19H,3,11H2,1-2H3. The van der Waals surface area contributed by atoms with Crippen LogP contribution in [0.3, 0.4) is 0 Å². The molecule has 0 aliphatic rings. The highest BCUT2D eigenvalue weighted by molar-refractivity contribution is 6.30. The van der Waals surface area contributed by atoms with Crippen LogP contribution in [0.25, 0.3) is 0 Å². The van der Waals surface area contributed by atoms with Gasteiger partial charge in [-0.2, -0.15) is 0 Å². The Hall–Kier alpha value is -1.67. The number of halogens is 1. The molecule has 1 N–H and O–H groups in total. The number of ether oxygens (including phenoxy) is 1. The molecule has 2 rings (SSSR count). The van der Waals surface area contributed by atoms with E-state index in [0.717, 1.165) is 29.5 Å². The molecule has 0 amide bonds. The summed E-state index contributed by atoms with van der Waals surface area (Å²) in [7, 11) is 0. The highest BCUT2D eigenvalue weighted by atomic mass is 35.5. The second kappa shape index (κ2) is 7.20. The van der Waals surface area contributed by atoms with Crippen LogP contribution in [-0.4, -0.2) is 6.61 Å². The highest BCUT2D eigenvalue weighted by Crippen LogP contribution is 2.23. The Bertz CT molecular complexity index is 539. The molecule has 0 radical (unpaired) electrons. The number of hydrogen-bond donors (Lipinski definition) is 1. The van der Waals surface area contributed by atoms with Crippen LogP contribution in [0.2, 0.25) is 5.02 Å². The van der Waals surface area contributed by atoms with E-state index in [-0.39, 0.29) is 6.04 Å². The molecule has 0 saturated carbocycles. The van der Waals surface area contributed by atoms with Crippen molar-refractivity contribution < 1.29 is 4.74 Å². The van der Waals surface area contributed by atoms with Crippen LogP contribution in [0.4, 0.5) is 5.69 Å². The van der Waals surface area contributed by atoms with Crippen LogP contribution in [-0.2, 0) is 0 Å². The fraction of sp³-hybridized carbons (Fsp3) is 0.294. The van der Waals surface area contributed by atoms with Crippen molar-refractivity contribution in [2.24, 2.45) is 0 Å². The van der Waals surface area contributed by atoms with Gasteiger partial charge in [-0.1, -0.05) is 30.7 Å². The van der Waals surface area contributed by atoms with Gasteiger partial charge in [-0.25, -0.2) is 0 Å². The monoisotopic (exact) mass is 289 g/mol. The van der Waals surface area contributed by atoms with Crippen LogP contribution in [0.5, 0.6) is 5.75 Å². The SMILES string of the molecule is CCCOc1ccc(NC(C)c2cccc(Cl)c2)cc1. The zero-order chi connectivity index (χ0) is 14.4. The summed E-state index contributed by atoms with van der Waals surface area (Å²) in [5.41, 5.74) is 2.24. The lowest BCUT2D eigenvalue weighted by molar-refractivity contribution is 0.317. The fourth-order valence-corrected chi connectivity index (χ4v) is 2.18. The Kier molecular flexibility index (Phi) is 5.31. The van der Waals surface area contributed by atoms with E-state index in [9.17, 15) is 0 Å². The van der Waals surface area contributed by atoms with Crippen LogP contribution < -0.4 is 10.1 Å². The molecule has 2 aromatic rings. The van der Waals surface area contributed by atoms with Gasteiger partial charge in [0.25, 0.3) is 0 Å². The van der Waals surface area contributed by atoms with E-state index in [2.05, 4.69) is 25.2 Å². The van der Waals surface area contributed by atoms with E-state index >= 15 is 0 Å². The summed E-state index contributed by atoms with van der Waals surface area (Å²) >= 11 is 6.02. The molecule has 0 saturated heterocycles. The second-order valence-corrected chi connectivity index (χ2v) is 5.23. The molecule has 1 unspecified atom stereocenters. The van der Waals surface area contributed by atoms with Crippen molar-refractivity contribution in [3.8, 4) is 5.75 Å². The number of anilines is 1. The molecular weight excluding hydrogens is 270 g/mol. The predicted molar refractivity (Wildman–Crippen MR) is 85.7 cm³/mol. The van der Waals surface area contributed by atoms with Crippen LogP contribution in [0, 0.1) is 0 Å². The van der Waals surface area contributed by atoms with Crippen LogP contribution in [0.1, 0.15) is 31.9 Å². The molecule has 0 spiro atoms. The van der Waals surface area contributed by atoms with Gasteiger partial charge < -0.3 is 10.1 Å². The number of hydrogen-bond acceptors (Lipinski definition) is 2. The lowest BCUT2D eigenvalue weighted by Crippen LogP contribution is -2.06. The first-order valence-electron chi connectivity index (χ1n) is 6.94. The maximum atomic E-state index is 6.02. The molecule has 0 heterocycles. The van der Waals surface area contributed by atoms with Crippen molar-refractivity contribution in [3.63, 3.8) is 0 Å². The van der Waals surface area contributed by atoms with Crippen molar-refractivity contribution in [1.29, 1.82) is 0 Å². The van der Waals surface area contributed by atoms with Crippen LogP contribution >= 0.6 is 11.6 Å². The van der Waals surface area contributed by atoms with Gasteiger partial charge in [-0.05, 0) is 55.3 Å². The minimum Gasteiger partial charge on any atom is -0.494 e. The topological polar surface area (TPSA) is 21.3 Å². The predicted octanol–water partition coefficient (Wildman–Crippen LogP) is 5.30. The molecule has 2 aromatic carbocycles. The Labute approximate surface area is 125 Å². The van der Waals surface area contributed by atoms with Crippen molar-refractivity contribution in [1.82, 2.24) is 0 Å². The summed E-state index contributed by atoms with van der Waals surface area (Å²) in [5.74, 6) is 0.910. The van der Waals surface area contributed by atoms with Gasteiger partial charge >= 0.3 is 0 Å². The Morgan fingerprint density at radius 1 is 1.15 bits per heavy atom. The summed E-state index contributed by atoms with van der Waals surface area (Å²) in [6, 6.07) is 16.2. The van der Waals surface area contributed by atoms with Gasteiger partial charge in [-0.3, -0.25) is 0 Å².